The average molecular weight is 397 g/mol. The third-order valence-electron chi connectivity index (χ3n) is 5.83. The molecule has 7 nitrogen and oxygen atoms in total. The minimum atomic E-state index is -2.14. The molecule has 0 saturated carbocycles. The first kappa shape index (κ1) is 21.8. The number of aromatic nitrogens is 2. The second kappa shape index (κ2) is 7.50. The molecule has 3 atom stereocenters. The largest absolute Gasteiger partial charge is 0.411 e. The molecule has 0 aromatic carbocycles. The number of H-pyrrole nitrogens is 1. The Bertz CT molecular complexity index is 808. The van der Waals surface area contributed by atoms with E-state index in [-0.39, 0.29) is 17.7 Å². The van der Waals surface area contributed by atoms with Crippen LogP contribution in [0.15, 0.2) is 28.4 Å². The van der Waals surface area contributed by atoms with Crippen LogP contribution in [0.2, 0.25) is 18.1 Å². The van der Waals surface area contributed by atoms with Gasteiger partial charge in [-0.25, -0.2) is 4.79 Å². The molecule has 0 amide bonds. The number of aliphatic hydroxyl groups is 1. The van der Waals surface area contributed by atoms with Crippen LogP contribution in [0.4, 0.5) is 0 Å². The summed E-state index contributed by atoms with van der Waals surface area (Å²) in [5, 5.41) is 10.2. The third-order valence-corrected chi connectivity index (χ3v) is 10.3. The van der Waals surface area contributed by atoms with Gasteiger partial charge in [0.2, 0.25) is 0 Å². The van der Waals surface area contributed by atoms with Crippen molar-refractivity contribution >= 4 is 8.32 Å². The van der Waals surface area contributed by atoms with Crippen LogP contribution in [0.25, 0.3) is 0 Å². The third kappa shape index (κ3) is 4.18. The summed E-state index contributed by atoms with van der Waals surface area (Å²) in [4.78, 5) is 26.3. The molecule has 0 radical (unpaired) electrons. The molecule has 1 aliphatic heterocycles. The zero-order chi connectivity index (χ0) is 20.6. The van der Waals surface area contributed by atoms with E-state index in [0.29, 0.717) is 18.4 Å². The summed E-state index contributed by atoms with van der Waals surface area (Å²) < 4.78 is 14.1. The lowest BCUT2D eigenvalue weighted by atomic mass is 9.94. The molecule has 1 fully saturated rings. The SMILES string of the molecule is C=CC[C@]1(CO)O[C@@H](n2cc(C)c(=O)[nH]c2=O)C[C@@H]1O[Si](C)(C)C(C)(C)C. The summed E-state index contributed by atoms with van der Waals surface area (Å²) in [6.45, 7) is 15.9. The monoisotopic (exact) mass is 396 g/mol. The first-order chi connectivity index (χ1) is 12.4. The normalized spacial score (nSPS) is 26.3. The Morgan fingerprint density at radius 3 is 2.63 bits per heavy atom. The van der Waals surface area contributed by atoms with Gasteiger partial charge in [-0.05, 0) is 31.5 Å². The fraction of sp³-hybridized carbons (Fsp3) is 0.684. The van der Waals surface area contributed by atoms with E-state index in [2.05, 4.69) is 45.4 Å². The summed E-state index contributed by atoms with van der Waals surface area (Å²) >= 11 is 0. The summed E-state index contributed by atoms with van der Waals surface area (Å²) in [5.74, 6) is 0. The van der Waals surface area contributed by atoms with Gasteiger partial charge in [-0.1, -0.05) is 26.8 Å². The Hall–Kier alpha value is -1.48. The Balaban J connectivity index is 2.44. The molecule has 0 aliphatic carbocycles. The van der Waals surface area contributed by atoms with Crippen LogP contribution in [0.1, 0.15) is 45.4 Å². The number of hydrogen-bond donors (Lipinski definition) is 2. The highest BCUT2D eigenvalue weighted by atomic mass is 28.4. The molecule has 1 aromatic heterocycles. The van der Waals surface area contributed by atoms with Gasteiger partial charge < -0.3 is 14.3 Å². The second-order valence-electron chi connectivity index (χ2n) is 8.87. The van der Waals surface area contributed by atoms with Crippen LogP contribution in [-0.4, -0.2) is 41.3 Å². The van der Waals surface area contributed by atoms with E-state index in [0.717, 1.165) is 0 Å². The summed E-state index contributed by atoms with van der Waals surface area (Å²) in [6, 6.07) is 0. The van der Waals surface area contributed by atoms with Crippen LogP contribution in [0.5, 0.6) is 0 Å². The Kier molecular flexibility index (Phi) is 6.06. The Morgan fingerprint density at radius 2 is 2.11 bits per heavy atom. The number of ether oxygens (including phenoxy) is 1. The standard InChI is InChI=1S/C19H32N2O5Si/c1-8-9-19(12-22)14(26-27(6,7)18(3,4)5)10-15(25-19)21-11-13(2)16(23)20-17(21)24/h8,11,14-15,22H,1,9-10,12H2,2-7H3,(H,20,23,24)/t14-,15+,19+/m0/s1. The second-order valence-corrected chi connectivity index (χ2v) is 13.6. The molecule has 2 rings (SSSR count). The van der Waals surface area contributed by atoms with Gasteiger partial charge in [-0.15, -0.1) is 6.58 Å². The van der Waals surface area contributed by atoms with Gasteiger partial charge in [-0.3, -0.25) is 14.3 Å². The van der Waals surface area contributed by atoms with E-state index < -0.39 is 31.4 Å². The van der Waals surface area contributed by atoms with Gasteiger partial charge in [0.15, 0.2) is 8.32 Å². The van der Waals surface area contributed by atoms with E-state index in [1.165, 1.54) is 10.8 Å². The first-order valence-electron chi connectivity index (χ1n) is 9.26. The van der Waals surface area contributed by atoms with Crippen molar-refractivity contribution in [2.24, 2.45) is 0 Å². The zero-order valence-corrected chi connectivity index (χ0v) is 18.2. The van der Waals surface area contributed by atoms with Gasteiger partial charge in [-0.2, -0.15) is 0 Å². The van der Waals surface area contributed by atoms with Gasteiger partial charge in [0, 0.05) is 18.2 Å². The molecule has 2 N–H and O–H groups in total. The van der Waals surface area contributed by atoms with Crippen molar-refractivity contribution in [3.05, 3.63) is 45.3 Å². The minimum absolute atomic E-state index is 0.00806. The Labute approximate surface area is 161 Å². The van der Waals surface area contributed by atoms with Gasteiger partial charge in [0.05, 0.1) is 12.7 Å². The highest BCUT2D eigenvalue weighted by molar-refractivity contribution is 6.74. The molecule has 152 valence electrons. The predicted molar refractivity (Wildman–Crippen MR) is 107 cm³/mol. The molecule has 1 aromatic rings. The molecule has 1 aliphatic rings. The Morgan fingerprint density at radius 1 is 1.48 bits per heavy atom. The van der Waals surface area contributed by atoms with Crippen LogP contribution in [-0.2, 0) is 9.16 Å². The molecule has 0 unspecified atom stereocenters. The summed E-state index contributed by atoms with van der Waals surface area (Å²) in [7, 11) is -2.14. The molecular formula is C19H32N2O5Si. The maximum atomic E-state index is 12.3. The summed E-state index contributed by atoms with van der Waals surface area (Å²) in [5.41, 5.74) is -1.49. The lowest BCUT2D eigenvalue weighted by molar-refractivity contribution is -0.123. The summed E-state index contributed by atoms with van der Waals surface area (Å²) in [6.07, 6.45) is 2.99. The first-order valence-corrected chi connectivity index (χ1v) is 12.2. The molecular weight excluding hydrogens is 364 g/mol. The highest BCUT2D eigenvalue weighted by Crippen LogP contribution is 2.45. The number of aliphatic hydroxyl groups excluding tert-OH is 1. The van der Waals surface area contributed by atoms with Crippen molar-refractivity contribution in [1.29, 1.82) is 0 Å². The lowest BCUT2D eigenvalue weighted by Crippen LogP contribution is -2.52. The number of aromatic amines is 1. The van der Waals surface area contributed by atoms with Crippen molar-refractivity contribution in [2.75, 3.05) is 6.61 Å². The van der Waals surface area contributed by atoms with Gasteiger partial charge in [0.25, 0.3) is 5.56 Å². The smallest absolute Gasteiger partial charge is 0.330 e. The zero-order valence-electron chi connectivity index (χ0n) is 17.2. The van der Waals surface area contributed by atoms with Gasteiger partial charge >= 0.3 is 5.69 Å². The molecule has 2 heterocycles. The number of rotatable bonds is 6. The molecule has 8 heteroatoms. The van der Waals surface area contributed by atoms with Gasteiger partial charge in [0.1, 0.15) is 11.8 Å². The van der Waals surface area contributed by atoms with Crippen LogP contribution in [0.3, 0.4) is 0 Å². The van der Waals surface area contributed by atoms with E-state index >= 15 is 0 Å². The van der Waals surface area contributed by atoms with E-state index in [4.69, 9.17) is 9.16 Å². The fourth-order valence-electron chi connectivity index (χ4n) is 3.08. The number of hydrogen-bond acceptors (Lipinski definition) is 5. The molecule has 0 bridgehead atoms. The van der Waals surface area contributed by atoms with Crippen molar-refractivity contribution in [3.8, 4) is 0 Å². The van der Waals surface area contributed by atoms with E-state index in [1.54, 1.807) is 13.0 Å². The van der Waals surface area contributed by atoms with E-state index in [1.807, 2.05) is 0 Å². The molecule has 0 spiro atoms. The minimum Gasteiger partial charge on any atom is -0.411 e. The number of nitrogens with zero attached hydrogens (tertiary/aromatic N) is 1. The van der Waals surface area contributed by atoms with Crippen molar-refractivity contribution in [2.45, 2.75) is 76.6 Å². The fourth-order valence-corrected chi connectivity index (χ4v) is 4.45. The maximum absolute atomic E-state index is 12.3. The van der Waals surface area contributed by atoms with Crippen molar-refractivity contribution in [3.63, 3.8) is 0 Å². The molecule has 27 heavy (non-hydrogen) atoms. The van der Waals surface area contributed by atoms with Crippen LogP contribution in [0, 0.1) is 6.92 Å². The maximum Gasteiger partial charge on any atom is 0.330 e. The van der Waals surface area contributed by atoms with E-state index in [9.17, 15) is 14.7 Å². The highest BCUT2D eigenvalue weighted by Gasteiger charge is 2.52. The topological polar surface area (TPSA) is 93.5 Å². The van der Waals surface area contributed by atoms with Crippen LogP contribution >= 0.6 is 0 Å². The van der Waals surface area contributed by atoms with Crippen molar-refractivity contribution < 1.29 is 14.3 Å². The lowest BCUT2D eigenvalue weighted by Gasteiger charge is -2.42. The number of nitrogens with one attached hydrogen (secondary N) is 1. The molecule has 1 saturated heterocycles. The van der Waals surface area contributed by atoms with Crippen molar-refractivity contribution in [1.82, 2.24) is 9.55 Å². The quantitative estimate of drug-likeness (QED) is 0.569. The average Bonchev–Trinajstić information content (AvgIpc) is 2.88. The number of aryl methyl sites for hydroxylation is 1. The van der Waals surface area contributed by atoms with Crippen LogP contribution < -0.4 is 11.2 Å². The predicted octanol–water partition coefficient (Wildman–Crippen LogP) is 2.46.